The molecule has 0 spiro atoms. The van der Waals surface area contributed by atoms with E-state index in [1.165, 1.54) is 15.1 Å². The van der Waals surface area contributed by atoms with Gasteiger partial charge >= 0.3 is 0 Å². The first-order chi connectivity index (χ1) is 15.0. The Labute approximate surface area is 194 Å². The molecule has 4 aromatic rings. The van der Waals surface area contributed by atoms with Crippen molar-refractivity contribution in [2.24, 2.45) is 0 Å². The molecule has 0 N–H and O–H groups in total. The van der Waals surface area contributed by atoms with Gasteiger partial charge in [-0.2, -0.15) is 0 Å². The SMILES string of the molecule is CC(C)(C)[Si](OCCCSc1nc2ccccc2s1)(c1ccccc1)c1ccccc1. The van der Waals surface area contributed by atoms with E-state index < -0.39 is 8.32 Å². The number of thioether (sulfide) groups is 1. The van der Waals surface area contributed by atoms with Gasteiger partial charge in [0.25, 0.3) is 8.32 Å². The average Bonchev–Trinajstić information content (AvgIpc) is 3.19. The van der Waals surface area contributed by atoms with Crippen molar-refractivity contribution in [1.29, 1.82) is 0 Å². The summed E-state index contributed by atoms with van der Waals surface area (Å²) >= 11 is 3.62. The van der Waals surface area contributed by atoms with Crippen LogP contribution in [0, 0.1) is 0 Å². The van der Waals surface area contributed by atoms with Gasteiger partial charge < -0.3 is 4.43 Å². The highest BCUT2D eigenvalue weighted by atomic mass is 32.2. The highest BCUT2D eigenvalue weighted by molar-refractivity contribution is 8.01. The summed E-state index contributed by atoms with van der Waals surface area (Å²) < 4.78 is 9.37. The molecule has 1 heterocycles. The van der Waals surface area contributed by atoms with E-state index in [9.17, 15) is 0 Å². The third kappa shape index (κ3) is 4.80. The smallest absolute Gasteiger partial charge is 0.261 e. The van der Waals surface area contributed by atoms with Crippen molar-refractivity contribution in [2.45, 2.75) is 36.6 Å². The van der Waals surface area contributed by atoms with Crippen LogP contribution in [-0.2, 0) is 4.43 Å². The molecule has 0 bridgehead atoms. The Morgan fingerprint density at radius 1 is 0.839 bits per heavy atom. The fourth-order valence-electron chi connectivity index (χ4n) is 4.12. The van der Waals surface area contributed by atoms with Crippen LogP contribution in [0.15, 0.2) is 89.3 Å². The molecular formula is C26H29NOS2Si. The fourth-order valence-corrected chi connectivity index (χ4v) is 10.8. The lowest BCUT2D eigenvalue weighted by Crippen LogP contribution is -2.66. The molecule has 3 aromatic carbocycles. The van der Waals surface area contributed by atoms with E-state index in [1.54, 1.807) is 11.3 Å². The van der Waals surface area contributed by atoms with Gasteiger partial charge in [-0.3, -0.25) is 0 Å². The molecule has 0 aliphatic rings. The summed E-state index contributed by atoms with van der Waals surface area (Å²) in [6, 6.07) is 30.1. The van der Waals surface area contributed by atoms with Crippen LogP contribution in [0.4, 0.5) is 0 Å². The first-order valence-electron chi connectivity index (χ1n) is 10.7. The molecule has 2 nitrogen and oxygen atoms in total. The third-order valence-corrected chi connectivity index (χ3v) is 12.8. The zero-order valence-corrected chi connectivity index (χ0v) is 21.0. The molecule has 0 radical (unpaired) electrons. The summed E-state index contributed by atoms with van der Waals surface area (Å²) in [6.07, 6.45) is 1.01. The molecule has 0 unspecified atom stereocenters. The molecule has 0 amide bonds. The Balaban J connectivity index is 1.50. The standard InChI is InChI=1S/C26H29NOS2Si/c1-26(2,3)31(21-13-6-4-7-14-21,22-15-8-5-9-16-22)28-19-12-20-29-25-27-23-17-10-11-18-24(23)30-25/h4-11,13-18H,12,19-20H2,1-3H3. The lowest BCUT2D eigenvalue weighted by Gasteiger charge is -2.43. The largest absolute Gasteiger partial charge is 0.407 e. The summed E-state index contributed by atoms with van der Waals surface area (Å²) in [5, 5.41) is 2.70. The first-order valence-corrected chi connectivity index (χ1v) is 14.5. The quantitative estimate of drug-likeness (QED) is 0.173. The lowest BCUT2D eigenvalue weighted by atomic mass is 10.2. The van der Waals surface area contributed by atoms with Gasteiger partial charge in [-0.15, -0.1) is 11.3 Å². The summed E-state index contributed by atoms with van der Waals surface area (Å²) in [5.74, 6) is 1.01. The predicted octanol–water partition coefficient (Wildman–Crippen LogP) is 6.36. The van der Waals surface area contributed by atoms with Crippen LogP contribution in [0.2, 0.25) is 5.04 Å². The monoisotopic (exact) mass is 463 g/mol. The number of hydrogen-bond acceptors (Lipinski definition) is 4. The number of nitrogens with zero attached hydrogens (tertiary/aromatic N) is 1. The van der Waals surface area contributed by atoms with Crippen LogP contribution in [0.1, 0.15) is 27.2 Å². The van der Waals surface area contributed by atoms with Crippen molar-refractivity contribution in [1.82, 2.24) is 4.98 Å². The number of rotatable bonds is 8. The Morgan fingerprint density at radius 2 is 1.42 bits per heavy atom. The Hall–Kier alpha value is -1.92. The minimum atomic E-state index is -2.43. The first kappa shape index (κ1) is 22.3. The average molecular weight is 464 g/mol. The number of aromatic nitrogens is 1. The van der Waals surface area contributed by atoms with Crippen molar-refractivity contribution in [3.63, 3.8) is 0 Å². The van der Waals surface area contributed by atoms with Gasteiger partial charge in [0.05, 0.1) is 10.2 Å². The van der Waals surface area contributed by atoms with Crippen LogP contribution in [0.3, 0.4) is 0 Å². The highest BCUT2D eigenvalue weighted by Crippen LogP contribution is 2.37. The fraction of sp³-hybridized carbons (Fsp3) is 0.269. The predicted molar refractivity (Wildman–Crippen MR) is 139 cm³/mol. The molecule has 0 saturated carbocycles. The molecule has 0 saturated heterocycles. The zero-order valence-electron chi connectivity index (χ0n) is 18.4. The summed E-state index contributed by atoms with van der Waals surface area (Å²) in [7, 11) is -2.43. The Kier molecular flexibility index (Phi) is 6.97. The van der Waals surface area contributed by atoms with Crippen LogP contribution >= 0.6 is 23.1 Å². The lowest BCUT2D eigenvalue weighted by molar-refractivity contribution is 0.299. The van der Waals surface area contributed by atoms with Gasteiger partial charge in [0.15, 0.2) is 4.34 Å². The van der Waals surface area contributed by atoms with Gasteiger partial charge in [0.1, 0.15) is 0 Å². The van der Waals surface area contributed by atoms with Crippen molar-refractivity contribution >= 4 is 52.0 Å². The minimum absolute atomic E-state index is 0.0237. The van der Waals surface area contributed by atoms with E-state index in [4.69, 9.17) is 9.41 Å². The second-order valence-electron chi connectivity index (χ2n) is 8.66. The molecule has 31 heavy (non-hydrogen) atoms. The number of fused-ring (bicyclic) bond motifs is 1. The Bertz CT molecular complexity index is 1030. The molecule has 0 atom stereocenters. The van der Waals surface area contributed by atoms with Gasteiger partial charge in [0.2, 0.25) is 0 Å². The minimum Gasteiger partial charge on any atom is -0.407 e. The van der Waals surface area contributed by atoms with Gasteiger partial charge in [-0.25, -0.2) is 4.98 Å². The topological polar surface area (TPSA) is 22.1 Å². The van der Waals surface area contributed by atoms with Crippen molar-refractivity contribution < 1.29 is 4.43 Å². The van der Waals surface area contributed by atoms with Gasteiger partial charge in [-0.05, 0) is 34.0 Å². The van der Waals surface area contributed by atoms with Crippen LogP contribution in [-0.4, -0.2) is 25.7 Å². The van der Waals surface area contributed by atoms with Crippen molar-refractivity contribution in [3.05, 3.63) is 84.9 Å². The normalized spacial score (nSPS) is 12.4. The molecular weight excluding hydrogens is 435 g/mol. The van der Waals surface area contributed by atoms with Crippen LogP contribution in [0.5, 0.6) is 0 Å². The number of thiazole rings is 1. The van der Waals surface area contributed by atoms with Crippen molar-refractivity contribution in [2.75, 3.05) is 12.4 Å². The number of benzene rings is 3. The molecule has 5 heteroatoms. The maximum Gasteiger partial charge on any atom is 0.261 e. The highest BCUT2D eigenvalue weighted by Gasteiger charge is 2.49. The van der Waals surface area contributed by atoms with Crippen LogP contribution < -0.4 is 10.4 Å². The zero-order chi connectivity index (χ0) is 21.7. The van der Waals surface area contributed by atoms with Crippen LogP contribution in [0.25, 0.3) is 10.2 Å². The third-order valence-electron chi connectivity index (χ3n) is 5.52. The van der Waals surface area contributed by atoms with Gasteiger partial charge in [-0.1, -0.05) is 105 Å². The van der Waals surface area contributed by atoms with E-state index in [0.29, 0.717) is 0 Å². The molecule has 0 aliphatic heterocycles. The van der Waals surface area contributed by atoms with Crippen molar-refractivity contribution in [3.8, 4) is 0 Å². The van der Waals surface area contributed by atoms with E-state index in [0.717, 1.165) is 28.6 Å². The maximum atomic E-state index is 6.97. The van der Waals surface area contributed by atoms with E-state index >= 15 is 0 Å². The summed E-state index contributed by atoms with van der Waals surface area (Å²) in [5.41, 5.74) is 1.10. The Morgan fingerprint density at radius 3 is 2.00 bits per heavy atom. The molecule has 1 aromatic heterocycles. The number of hydrogen-bond donors (Lipinski definition) is 0. The second kappa shape index (κ2) is 9.70. The molecule has 4 rings (SSSR count). The van der Waals surface area contributed by atoms with E-state index in [2.05, 4.69) is 99.6 Å². The second-order valence-corrected chi connectivity index (χ2v) is 15.3. The van der Waals surface area contributed by atoms with E-state index in [1.807, 2.05) is 17.8 Å². The number of para-hydroxylation sites is 1. The van der Waals surface area contributed by atoms with E-state index in [-0.39, 0.29) is 5.04 Å². The molecule has 0 aliphatic carbocycles. The molecule has 0 fully saturated rings. The molecule has 160 valence electrons. The van der Waals surface area contributed by atoms with Gasteiger partial charge in [0, 0.05) is 12.4 Å². The summed E-state index contributed by atoms with van der Waals surface area (Å²) in [6.45, 7) is 7.74. The summed E-state index contributed by atoms with van der Waals surface area (Å²) in [4.78, 5) is 4.74. The maximum absolute atomic E-state index is 6.97.